The zero-order valence-electron chi connectivity index (χ0n) is 4.12. The molecule has 0 N–H and O–H groups in total. The Kier molecular flexibility index (Phi) is 16.3. The molecule has 0 aromatic heterocycles. The van der Waals surface area contributed by atoms with Crippen LogP contribution in [0.15, 0.2) is 0 Å². The summed E-state index contributed by atoms with van der Waals surface area (Å²) in [6, 6.07) is 0. The van der Waals surface area contributed by atoms with Gasteiger partial charge in [-0.15, -0.1) is 0 Å². The monoisotopic (exact) mass is 83.1 g/mol. The molecule has 0 heterocycles. The van der Waals surface area contributed by atoms with Gasteiger partial charge in [0.05, 0.1) is 0 Å². The van der Waals surface area contributed by atoms with Crippen molar-refractivity contribution in [2.75, 3.05) is 6.61 Å². The second kappa shape index (κ2) is 8.84. The van der Waals surface area contributed by atoms with Gasteiger partial charge in [0, 0.05) is 25.5 Å². The fraction of sp³-hybridized carbons (Fsp3) is 1.00. The molecule has 0 unspecified atom stereocenters. The van der Waals surface area contributed by atoms with E-state index in [1.807, 2.05) is 6.92 Å². The molecule has 0 fully saturated rings. The molecule has 0 aliphatic rings. The van der Waals surface area contributed by atoms with Crippen molar-refractivity contribution < 1.29 is 4.43 Å². The van der Waals surface area contributed by atoms with E-state index in [4.69, 9.17) is 0 Å². The van der Waals surface area contributed by atoms with Crippen molar-refractivity contribution in [3.63, 3.8) is 0 Å². The maximum absolute atomic E-state index is 4.68. The van der Waals surface area contributed by atoms with E-state index in [0.717, 1.165) is 17.1 Å². The van der Waals surface area contributed by atoms with Crippen LogP contribution in [0.5, 0.6) is 0 Å². The summed E-state index contributed by atoms with van der Waals surface area (Å²) in [6.07, 6.45) is 0. The summed E-state index contributed by atoms with van der Waals surface area (Å²) < 4.78 is 4.68. The Labute approximate surface area is 47.8 Å². The first-order valence-corrected chi connectivity index (χ1v) is 2.22. The molecule has 0 aromatic rings. The van der Waals surface area contributed by atoms with Gasteiger partial charge >= 0.3 is 0 Å². The largest absolute Gasteiger partial charge is 0.428 e. The summed E-state index contributed by atoms with van der Waals surface area (Å²) in [5.74, 6) is 0. The normalized spacial score (nSPS) is 6.60. The van der Waals surface area contributed by atoms with Crippen LogP contribution in [0.4, 0.5) is 0 Å². The molecule has 1 radical (unpaired) electrons. The second-order valence-electron chi connectivity index (χ2n) is 0.577. The van der Waals surface area contributed by atoms with Crippen LogP contribution in [0.2, 0.25) is 0 Å². The molecule has 0 rings (SSSR count). The van der Waals surface area contributed by atoms with Crippen molar-refractivity contribution >= 4 is 29.3 Å². The van der Waals surface area contributed by atoms with Gasteiger partial charge in [-0.05, 0) is 6.92 Å². The average molecular weight is 83.1 g/mol. The quantitative estimate of drug-likeness (QED) is 0.366. The van der Waals surface area contributed by atoms with Crippen molar-refractivity contribution in [3.8, 4) is 0 Å². The van der Waals surface area contributed by atoms with Crippen LogP contribution in [0.1, 0.15) is 6.92 Å². The molecule has 0 aliphatic carbocycles. The summed E-state index contributed by atoms with van der Waals surface area (Å²) in [4.78, 5) is 0. The van der Waals surface area contributed by atoms with Crippen LogP contribution in [-0.4, -0.2) is 36.0 Å². The van der Waals surface area contributed by atoms with Gasteiger partial charge in [-0.2, -0.15) is 0 Å². The third-order valence-electron chi connectivity index (χ3n) is 0.289. The Morgan fingerprint density at radius 3 is 2.00 bits per heavy atom. The Hall–Kier alpha value is 0.774. The van der Waals surface area contributed by atoms with Gasteiger partial charge < -0.3 is 4.43 Å². The topological polar surface area (TPSA) is 9.23 Å². The third kappa shape index (κ3) is 11.7. The molecule has 0 bridgehead atoms. The minimum absolute atomic E-state index is 0. The third-order valence-corrected chi connectivity index (χ3v) is 0.866. The van der Waals surface area contributed by atoms with E-state index in [1.54, 1.807) is 0 Å². The molecule has 27 valence electrons. The Balaban J connectivity index is 0. The van der Waals surface area contributed by atoms with Crippen molar-refractivity contribution in [3.05, 3.63) is 0 Å². The van der Waals surface area contributed by atoms with Crippen molar-refractivity contribution in [2.24, 2.45) is 0 Å². The first kappa shape index (κ1) is 9.24. The van der Waals surface area contributed by atoms with Gasteiger partial charge in [0.2, 0.25) is 0 Å². The van der Waals surface area contributed by atoms with E-state index in [9.17, 15) is 0 Å². The standard InChI is InChI=1S/C2H8OSi.Li/c1-2-3-4;/h2H2,1,4H3;. The molecule has 3 heteroatoms. The maximum atomic E-state index is 4.68. The van der Waals surface area contributed by atoms with Gasteiger partial charge in [-0.25, -0.2) is 0 Å². The zero-order valence-corrected chi connectivity index (χ0v) is 6.12. The number of hydrogen-bond donors (Lipinski definition) is 0. The van der Waals surface area contributed by atoms with E-state index in [0.29, 0.717) is 0 Å². The van der Waals surface area contributed by atoms with Gasteiger partial charge in [0.15, 0.2) is 0 Å². The molecule has 0 spiro atoms. The van der Waals surface area contributed by atoms with E-state index in [1.165, 1.54) is 0 Å². The molecule has 1 nitrogen and oxygen atoms in total. The number of rotatable bonds is 1. The van der Waals surface area contributed by atoms with E-state index in [-0.39, 0.29) is 18.9 Å². The van der Waals surface area contributed by atoms with Crippen LogP contribution in [0.25, 0.3) is 0 Å². The molecule has 0 aromatic carbocycles. The van der Waals surface area contributed by atoms with E-state index >= 15 is 0 Å². The summed E-state index contributed by atoms with van der Waals surface area (Å²) in [5.41, 5.74) is 0. The minimum atomic E-state index is 0. The van der Waals surface area contributed by atoms with Crippen LogP contribution >= 0.6 is 0 Å². The summed E-state index contributed by atoms with van der Waals surface area (Å²) in [5, 5.41) is 0. The summed E-state index contributed by atoms with van der Waals surface area (Å²) >= 11 is 0. The molecule has 0 aliphatic heterocycles. The summed E-state index contributed by atoms with van der Waals surface area (Å²) in [6.45, 7) is 2.87. The predicted octanol–water partition coefficient (Wildman–Crippen LogP) is -1.08. The van der Waals surface area contributed by atoms with Crippen molar-refractivity contribution in [2.45, 2.75) is 6.92 Å². The molecular formula is C2H8LiOSi. The fourth-order valence-electron chi connectivity index (χ4n) is 0. The van der Waals surface area contributed by atoms with Gasteiger partial charge in [0.1, 0.15) is 10.5 Å². The summed E-state index contributed by atoms with van der Waals surface area (Å²) in [7, 11) is 0.890. The van der Waals surface area contributed by atoms with Crippen LogP contribution < -0.4 is 0 Å². The first-order valence-electron chi connectivity index (χ1n) is 1.40. The fourth-order valence-corrected chi connectivity index (χ4v) is 0. The molecule has 5 heavy (non-hydrogen) atoms. The van der Waals surface area contributed by atoms with Gasteiger partial charge in [-0.1, -0.05) is 0 Å². The van der Waals surface area contributed by atoms with Crippen LogP contribution in [0.3, 0.4) is 0 Å². The van der Waals surface area contributed by atoms with Crippen molar-refractivity contribution in [1.82, 2.24) is 0 Å². The average Bonchev–Trinajstić information content (AvgIpc) is 1.37. The molecule has 0 saturated heterocycles. The molecule has 0 amide bonds. The van der Waals surface area contributed by atoms with Crippen molar-refractivity contribution in [1.29, 1.82) is 0 Å². The first-order chi connectivity index (χ1) is 1.91. The zero-order chi connectivity index (χ0) is 3.41. The number of hydrogen-bond acceptors (Lipinski definition) is 1. The molecule has 0 saturated carbocycles. The van der Waals surface area contributed by atoms with E-state index in [2.05, 4.69) is 4.43 Å². The SMILES string of the molecule is CCO[SiH3].[Li]. The minimum Gasteiger partial charge on any atom is -0.428 e. The smallest absolute Gasteiger partial charge is 0.145 e. The Morgan fingerprint density at radius 1 is 1.80 bits per heavy atom. The second-order valence-corrected chi connectivity index (χ2v) is 1.15. The maximum Gasteiger partial charge on any atom is 0.145 e. The van der Waals surface area contributed by atoms with Crippen LogP contribution in [0, 0.1) is 0 Å². The van der Waals surface area contributed by atoms with E-state index < -0.39 is 0 Å². The molecular weight excluding hydrogens is 75.0 g/mol. The molecule has 0 atom stereocenters. The predicted molar refractivity (Wildman–Crippen MR) is 27.3 cm³/mol. The van der Waals surface area contributed by atoms with Gasteiger partial charge in [0.25, 0.3) is 0 Å². The van der Waals surface area contributed by atoms with Crippen LogP contribution in [-0.2, 0) is 4.43 Å². The Bertz CT molecular complexity index is 11.6. The Morgan fingerprint density at radius 2 is 2.00 bits per heavy atom. The van der Waals surface area contributed by atoms with Gasteiger partial charge in [-0.3, -0.25) is 0 Å².